The fourth-order valence-corrected chi connectivity index (χ4v) is 3.63. The zero-order chi connectivity index (χ0) is 19.9. The largest absolute Gasteiger partial charge is 0.344 e. The smallest absolute Gasteiger partial charge is 0.325 e. The highest BCUT2D eigenvalue weighted by molar-refractivity contribution is 7.98. The van der Waals surface area contributed by atoms with E-state index in [1.165, 1.54) is 0 Å². The maximum Gasteiger partial charge on any atom is 0.325 e. The fourth-order valence-electron chi connectivity index (χ4n) is 3.16. The van der Waals surface area contributed by atoms with Crippen molar-refractivity contribution >= 4 is 29.6 Å². The average molecular weight is 398 g/mol. The predicted molar refractivity (Wildman–Crippen MR) is 110 cm³/mol. The van der Waals surface area contributed by atoms with E-state index in [0.717, 1.165) is 21.8 Å². The topological polar surface area (TPSA) is 78.5 Å². The van der Waals surface area contributed by atoms with Crippen LogP contribution in [0.15, 0.2) is 60.7 Å². The Balaban J connectivity index is 1.71. The molecule has 146 valence electrons. The lowest BCUT2D eigenvalue weighted by molar-refractivity contribution is -0.132. The van der Waals surface area contributed by atoms with Crippen LogP contribution in [0.25, 0.3) is 0 Å². The Morgan fingerprint density at radius 2 is 1.64 bits per heavy atom. The summed E-state index contributed by atoms with van der Waals surface area (Å²) in [6.45, 7) is -0.295. The summed E-state index contributed by atoms with van der Waals surface area (Å²) in [7, 11) is 0. The molecule has 0 radical (unpaired) electrons. The van der Waals surface area contributed by atoms with Gasteiger partial charge in [0.2, 0.25) is 5.91 Å². The molecule has 3 rings (SSSR count). The number of thioether (sulfide) groups is 1. The van der Waals surface area contributed by atoms with E-state index in [1.54, 1.807) is 11.8 Å². The number of hydrogen-bond acceptors (Lipinski definition) is 4. The van der Waals surface area contributed by atoms with Gasteiger partial charge in [-0.1, -0.05) is 60.7 Å². The SMILES string of the molecule is CSCCC1NC(=O)N(CC(=O)NC(c2ccccc2)c2ccccc2)C1=O. The molecule has 2 N–H and O–H groups in total. The number of urea groups is 1. The second-order valence-corrected chi connectivity index (χ2v) is 7.52. The van der Waals surface area contributed by atoms with E-state index in [2.05, 4.69) is 10.6 Å². The number of amides is 4. The standard InChI is InChI=1S/C21H23N3O3S/c1-28-13-12-17-20(26)24(21(27)22-17)14-18(25)23-19(15-8-4-2-5-9-15)16-10-6-3-7-11-16/h2-11,17,19H,12-14H2,1H3,(H,22,27)(H,23,25). The maximum absolute atomic E-state index is 12.7. The van der Waals surface area contributed by atoms with Crippen LogP contribution < -0.4 is 10.6 Å². The Bertz CT molecular complexity index is 790. The molecular formula is C21H23N3O3S. The maximum atomic E-state index is 12.7. The Morgan fingerprint density at radius 1 is 1.07 bits per heavy atom. The highest BCUT2D eigenvalue weighted by Crippen LogP contribution is 2.22. The first-order valence-corrected chi connectivity index (χ1v) is 10.5. The molecule has 1 unspecified atom stereocenters. The molecule has 1 heterocycles. The molecule has 7 heteroatoms. The van der Waals surface area contributed by atoms with Crippen molar-refractivity contribution in [2.75, 3.05) is 18.6 Å². The Labute approximate surface area is 168 Å². The van der Waals surface area contributed by atoms with Crippen molar-refractivity contribution in [1.82, 2.24) is 15.5 Å². The summed E-state index contributed by atoms with van der Waals surface area (Å²) in [5.41, 5.74) is 1.86. The lowest BCUT2D eigenvalue weighted by Crippen LogP contribution is -2.42. The quantitative estimate of drug-likeness (QED) is 0.671. The third-order valence-corrected chi connectivity index (χ3v) is 5.23. The van der Waals surface area contributed by atoms with Gasteiger partial charge in [-0.3, -0.25) is 14.5 Å². The number of carbonyl (C=O) groups is 3. The molecule has 1 fully saturated rings. The fraction of sp³-hybridized carbons (Fsp3) is 0.286. The molecule has 0 aromatic heterocycles. The first kappa shape index (κ1) is 19.9. The van der Waals surface area contributed by atoms with Gasteiger partial charge in [0.05, 0.1) is 6.04 Å². The number of imide groups is 1. The van der Waals surface area contributed by atoms with Crippen LogP contribution >= 0.6 is 11.8 Å². The monoisotopic (exact) mass is 397 g/mol. The lowest BCUT2D eigenvalue weighted by Gasteiger charge is -2.21. The summed E-state index contributed by atoms with van der Waals surface area (Å²) in [6, 6.07) is 17.8. The van der Waals surface area contributed by atoms with E-state index in [1.807, 2.05) is 66.9 Å². The molecule has 0 bridgehead atoms. The van der Waals surface area contributed by atoms with Gasteiger partial charge in [0.25, 0.3) is 5.91 Å². The Kier molecular flexibility index (Phi) is 6.71. The van der Waals surface area contributed by atoms with Crippen LogP contribution in [0, 0.1) is 0 Å². The number of rotatable bonds is 8. The van der Waals surface area contributed by atoms with Crippen molar-refractivity contribution in [1.29, 1.82) is 0 Å². The summed E-state index contributed by atoms with van der Waals surface area (Å²) in [4.78, 5) is 38.2. The predicted octanol–water partition coefficient (Wildman–Crippen LogP) is 2.57. The zero-order valence-electron chi connectivity index (χ0n) is 15.6. The van der Waals surface area contributed by atoms with Crippen LogP contribution in [0.2, 0.25) is 0 Å². The number of nitrogens with zero attached hydrogens (tertiary/aromatic N) is 1. The van der Waals surface area contributed by atoms with Crippen LogP contribution in [0.1, 0.15) is 23.6 Å². The summed E-state index contributed by atoms with van der Waals surface area (Å²) in [5, 5.41) is 5.61. The van der Waals surface area contributed by atoms with Crippen LogP contribution in [0.3, 0.4) is 0 Å². The van der Waals surface area contributed by atoms with Gasteiger partial charge >= 0.3 is 6.03 Å². The van der Waals surface area contributed by atoms with E-state index < -0.39 is 12.1 Å². The molecule has 6 nitrogen and oxygen atoms in total. The first-order valence-electron chi connectivity index (χ1n) is 9.10. The first-order chi connectivity index (χ1) is 13.6. The van der Waals surface area contributed by atoms with Crippen molar-refractivity contribution in [3.05, 3.63) is 71.8 Å². The van der Waals surface area contributed by atoms with Crippen molar-refractivity contribution in [3.8, 4) is 0 Å². The highest BCUT2D eigenvalue weighted by Gasteiger charge is 2.38. The minimum absolute atomic E-state index is 0.295. The third kappa shape index (κ3) is 4.72. The summed E-state index contributed by atoms with van der Waals surface area (Å²) in [5.74, 6) is 0.0396. The van der Waals surface area contributed by atoms with E-state index in [0.29, 0.717) is 6.42 Å². The summed E-state index contributed by atoms with van der Waals surface area (Å²) >= 11 is 1.61. The van der Waals surface area contributed by atoms with Crippen molar-refractivity contribution in [3.63, 3.8) is 0 Å². The van der Waals surface area contributed by atoms with E-state index >= 15 is 0 Å². The molecule has 1 aliphatic heterocycles. The molecule has 1 saturated heterocycles. The molecular weight excluding hydrogens is 374 g/mol. The number of hydrogen-bond donors (Lipinski definition) is 2. The highest BCUT2D eigenvalue weighted by atomic mass is 32.2. The van der Waals surface area contributed by atoms with E-state index in [4.69, 9.17) is 0 Å². The van der Waals surface area contributed by atoms with Gasteiger partial charge in [-0.25, -0.2) is 4.79 Å². The van der Waals surface area contributed by atoms with Gasteiger partial charge in [0, 0.05) is 0 Å². The Morgan fingerprint density at radius 3 is 2.18 bits per heavy atom. The molecule has 0 aliphatic carbocycles. The van der Waals surface area contributed by atoms with Crippen molar-refractivity contribution < 1.29 is 14.4 Å². The molecule has 1 atom stereocenters. The van der Waals surface area contributed by atoms with Crippen molar-refractivity contribution in [2.45, 2.75) is 18.5 Å². The molecule has 0 saturated carbocycles. The van der Waals surface area contributed by atoms with Gasteiger partial charge in [-0.05, 0) is 29.6 Å². The second-order valence-electron chi connectivity index (χ2n) is 6.53. The minimum Gasteiger partial charge on any atom is -0.344 e. The molecule has 0 spiro atoms. The van der Waals surface area contributed by atoms with Gasteiger partial charge in [0.1, 0.15) is 12.6 Å². The summed E-state index contributed by atoms with van der Waals surface area (Å²) < 4.78 is 0. The van der Waals surface area contributed by atoms with Crippen LogP contribution in [0.5, 0.6) is 0 Å². The van der Waals surface area contributed by atoms with Gasteiger partial charge in [-0.15, -0.1) is 0 Å². The molecule has 2 aromatic carbocycles. The molecule has 1 aliphatic rings. The molecule has 2 aromatic rings. The van der Waals surface area contributed by atoms with E-state index in [9.17, 15) is 14.4 Å². The van der Waals surface area contributed by atoms with Crippen LogP contribution in [0.4, 0.5) is 4.79 Å². The number of benzene rings is 2. The third-order valence-electron chi connectivity index (χ3n) is 4.59. The van der Waals surface area contributed by atoms with Crippen LogP contribution in [-0.2, 0) is 9.59 Å². The molecule has 28 heavy (non-hydrogen) atoms. The van der Waals surface area contributed by atoms with Gasteiger partial charge in [0.15, 0.2) is 0 Å². The average Bonchev–Trinajstić information content (AvgIpc) is 2.99. The number of nitrogens with one attached hydrogen (secondary N) is 2. The lowest BCUT2D eigenvalue weighted by atomic mass is 9.99. The van der Waals surface area contributed by atoms with Crippen LogP contribution in [-0.4, -0.2) is 47.3 Å². The van der Waals surface area contributed by atoms with Crippen molar-refractivity contribution in [2.24, 2.45) is 0 Å². The van der Waals surface area contributed by atoms with E-state index in [-0.39, 0.29) is 24.4 Å². The van der Waals surface area contributed by atoms with Gasteiger partial charge < -0.3 is 10.6 Å². The van der Waals surface area contributed by atoms with Gasteiger partial charge in [-0.2, -0.15) is 11.8 Å². The second kappa shape index (κ2) is 9.41. The zero-order valence-corrected chi connectivity index (χ0v) is 16.4. The Hall–Kier alpha value is -2.80. The normalized spacial score (nSPS) is 16.4. The summed E-state index contributed by atoms with van der Waals surface area (Å²) in [6.07, 6.45) is 2.50. The number of carbonyl (C=O) groups excluding carboxylic acids is 3. The molecule has 4 amide bonds. The minimum atomic E-state index is -0.549.